The molecule has 0 aromatic carbocycles. The second-order valence-corrected chi connectivity index (χ2v) is 4.82. The summed E-state index contributed by atoms with van der Waals surface area (Å²) < 4.78 is 25.9. The van der Waals surface area contributed by atoms with Crippen molar-refractivity contribution in [3.05, 3.63) is 24.5 Å². The lowest BCUT2D eigenvalue weighted by Crippen LogP contribution is -2.41. The van der Waals surface area contributed by atoms with Crippen molar-refractivity contribution < 1.29 is 18.4 Å². The number of anilines is 1. The van der Waals surface area contributed by atoms with Crippen LogP contribution in [0.2, 0.25) is 0 Å². The summed E-state index contributed by atoms with van der Waals surface area (Å²) in [5.74, 6) is -3.63. The molecule has 0 radical (unpaired) electrons. The molecule has 3 N–H and O–H groups in total. The second kappa shape index (κ2) is 6.57. The molecular weight excluding hydrogens is 282 g/mol. The van der Waals surface area contributed by atoms with Crippen LogP contribution in [-0.2, 0) is 9.59 Å². The Kier molecular flexibility index (Phi) is 4.79. The molecule has 1 fully saturated rings. The Morgan fingerprint density at radius 1 is 1.38 bits per heavy atom. The predicted molar refractivity (Wildman–Crippen MR) is 71.8 cm³/mol. The number of nitrogens with one attached hydrogen (secondary N) is 3. The highest BCUT2D eigenvalue weighted by molar-refractivity contribution is 5.91. The van der Waals surface area contributed by atoms with E-state index in [1.54, 1.807) is 24.5 Å². The molecule has 2 amide bonds. The molecule has 1 saturated heterocycles. The third kappa shape index (κ3) is 4.75. The Morgan fingerprint density at radius 2 is 2.10 bits per heavy atom. The largest absolute Gasteiger partial charge is 0.354 e. The van der Waals surface area contributed by atoms with Crippen LogP contribution in [0.15, 0.2) is 24.5 Å². The van der Waals surface area contributed by atoms with Crippen LogP contribution >= 0.6 is 0 Å². The number of nitrogens with zero attached hydrogens (tertiary/aromatic N) is 1. The number of amides is 2. The summed E-state index contributed by atoms with van der Waals surface area (Å²) in [6, 6.07) is 2.38. The van der Waals surface area contributed by atoms with Crippen LogP contribution in [0.3, 0.4) is 0 Å². The summed E-state index contributed by atoms with van der Waals surface area (Å²) in [5.41, 5.74) is 0.610. The van der Waals surface area contributed by atoms with Crippen LogP contribution in [0.4, 0.5) is 14.5 Å². The summed E-state index contributed by atoms with van der Waals surface area (Å²) in [5, 5.41) is 7.56. The SMILES string of the molecule is O=C(CCNC(=O)C1CC(F)(F)CN1)Nc1ccncc1. The molecule has 8 heteroatoms. The fourth-order valence-electron chi connectivity index (χ4n) is 1.98. The second-order valence-electron chi connectivity index (χ2n) is 4.82. The van der Waals surface area contributed by atoms with E-state index in [1.807, 2.05) is 0 Å². The van der Waals surface area contributed by atoms with E-state index in [9.17, 15) is 18.4 Å². The van der Waals surface area contributed by atoms with Gasteiger partial charge in [-0.2, -0.15) is 0 Å². The van der Waals surface area contributed by atoms with Crippen molar-refractivity contribution in [2.24, 2.45) is 0 Å². The van der Waals surface area contributed by atoms with Gasteiger partial charge in [-0.3, -0.25) is 19.9 Å². The van der Waals surface area contributed by atoms with Gasteiger partial charge in [0.15, 0.2) is 0 Å². The minimum Gasteiger partial charge on any atom is -0.354 e. The molecule has 2 rings (SSSR count). The summed E-state index contributed by atoms with van der Waals surface area (Å²) in [4.78, 5) is 27.0. The van der Waals surface area contributed by atoms with E-state index in [0.29, 0.717) is 5.69 Å². The molecule has 6 nitrogen and oxygen atoms in total. The Hall–Kier alpha value is -2.09. The predicted octanol–water partition coefficient (Wildman–Crippen LogP) is 0.524. The molecule has 1 unspecified atom stereocenters. The number of alkyl halides is 2. The van der Waals surface area contributed by atoms with Gasteiger partial charge in [-0.25, -0.2) is 8.78 Å². The van der Waals surface area contributed by atoms with Gasteiger partial charge in [0, 0.05) is 37.5 Å². The molecule has 1 atom stereocenters. The Morgan fingerprint density at radius 3 is 2.71 bits per heavy atom. The average molecular weight is 298 g/mol. The molecule has 0 aliphatic carbocycles. The van der Waals surface area contributed by atoms with E-state index >= 15 is 0 Å². The maximum atomic E-state index is 12.9. The molecule has 0 spiro atoms. The van der Waals surface area contributed by atoms with Crippen molar-refractivity contribution in [1.82, 2.24) is 15.6 Å². The molecule has 21 heavy (non-hydrogen) atoms. The normalized spacial score (nSPS) is 20.0. The molecule has 114 valence electrons. The smallest absolute Gasteiger partial charge is 0.262 e. The van der Waals surface area contributed by atoms with Crippen molar-refractivity contribution in [1.29, 1.82) is 0 Å². The minimum atomic E-state index is -2.85. The molecule has 1 aromatic heterocycles. The van der Waals surface area contributed by atoms with Crippen LogP contribution in [0, 0.1) is 0 Å². The number of halogens is 2. The number of carbonyl (C=O) groups excluding carboxylic acids is 2. The highest BCUT2D eigenvalue weighted by Gasteiger charge is 2.42. The third-order valence-corrected chi connectivity index (χ3v) is 3.04. The van der Waals surface area contributed by atoms with Gasteiger partial charge in [0.2, 0.25) is 11.8 Å². The van der Waals surface area contributed by atoms with Crippen LogP contribution in [0.1, 0.15) is 12.8 Å². The van der Waals surface area contributed by atoms with Crippen LogP contribution in [0.5, 0.6) is 0 Å². The van der Waals surface area contributed by atoms with E-state index in [-0.39, 0.29) is 18.9 Å². The third-order valence-electron chi connectivity index (χ3n) is 3.04. The minimum absolute atomic E-state index is 0.0666. The number of hydrogen-bond donors (Lipinski definition) is 3. The number of hydrogen-bond acceptors (Lipinski definition) is 4. The molecule has 1 aliphatic heterocycles. The van der Waals surface area contributed by atoms with Gasteiger partial charge >= 0.3 is 0 Å². The summed E-state index contributed by atoms with van der Waals surface area (Å²) in [6.45, 7) is -0.396. The van der Waals surface area contributed by atoms with Crippen molar-refractivity contribution in [3.8, 4) is 0 Å². The molecule has 0 bridgehead atoms. The topological polar surface area (TPSA) is 83.1 Å². The Labute approximate surface area is 120 Å². The van der Waals surface area contributed by atoms with Gasteiger partial charge in [0.05, 0.1) is 12.6 Å². The van der Waals surface area contributed by atoms with Crippen molar-refractivity contribution in [3.63, 3.8) is 0 Å². The Bertz CT molecular complexity index is 510. The van der Waals surface area contributed by atoms with Crippen molar-refractivity contribution in [2.75, 3.05) is 18.4 Å². The van der Waals surface area contributed by atoms with Gasteiger partial charge in [0.25, 0.3) is 5.92 Å². The lowest BCUT2D eigenvalue weighted by atomic mass is 10.2. The maximum Gasteiger partial charge on any atom is 0.262 e. The van der Waals surface area contributed by atoms with E-state index < -0.39 is 30.8 Å². The van der Waals surface area contributed by atoms with Crippen LogP contribution in [-0.4, -0.2) is 41.9 Å². The summed E-state index contributed by atoms with van der Waals surface area (Å²) in [6.07, 6.45) is 2.64. The first-order chi connectivity index (χ1) is 9.96. The number of aromatic nitrogens is 1. The first-order valence-corrected chi connectivity index (χ1v) is 6.55. The highest BCUT2D eigenvalue weighted by atomic mass is 19.3. The first kappa shape index (κ1) is 15.3. The molecule has 2 heterocycles. The zero-order chi connectivity index (χ0) is 15.3. The fourth-order valence-corrected chi connectivity index (χ4v) is 1.98. The molecule has 1 aliphatic rings. The van der Waals surface area contributed by atoms with E-state index in [4.69, 9.17) is 0 Å². The standard InChI is InChI=1S/C13H16F2N4O2/c14-13(15)7-10(18-8-13)12(21)17-6-3-11(20)19-9-1-4-16-5-2-9/h1-2,4-5,10,18H,3,6-8H2,(H,17,21)(H,16,19,20). The number of rotatable bonds is 5. The van der Waals surface area contributed by atoms with E-state index in [2.05, 4.69) is 20.9 Å². The molecule has 1 aromatic rings. The molecular formula is C13H16F2N4O2. The lowest BCUT2D eigenvalue weighted by Gasteiger charge is -2.11. The van der Waals surface area contributed by atoms with Crippen LogP contribution < -0.4 is 16.0 Å². The summed E-state index contributed by atoms with van der Waals surface area (Å²) in [7, 11) is 0. The highest BCUT2D eigenvalue weighted by Crippen LogP contribution is 2.24. The van der Waals surface area contributed by atoms with Gasteiger partial charge in [-0.15, -0.1) is 0 Å². The van der Waals surface area contributed by atoms with E-state index in [1.165, 1.54) is 0 Å². The number of pyridine rings is 1. The van der Waals surface area contributed by atoms with Gasteiger partial charge in [-0.1, -0.05) is 0 Å². The van der Waals surface area contributed by atoms with Gasteiger partial charge < -0.3 is 10.6 Å². The van der Waals surface area contributed by atoms with E-state index in [0.717, 1.165) is 0 Å². The van der Waals surface area contributed by atoms with Crippen molar-refractivity contribution in [2.45, 2.75) is 24.8 Å². The fraction of sp³-hybridized carbons (Fsp3) is 0.462. The summed E-state index contributed by atoms with van der Waals surface area (Å²) >= 11 is 0. The van der Waals surface area contributed by atoms with Gasteiger partial charge in [-0.05, 0) is 12.1 Å². The Balaban J connectivity index is 1.67. The zero-order valence-corrected chi connectivity index (χ0v) is 11.2. The number of carbonyl (C=O) groups is 2. The first-order valence-electron chi connectivity index (χ1n) is 6.55. The maximum absolute atomic E-state index is 12.9. The van der Waals surface area contributed by atoms with Crippen molar-refractivity contribution >= 4 is 17.5 Å². The quantitative estimate of drug-likeness (QED) is 0.740. The molecule has 0 saturated carbocycles. The average Bonchev–Trinajstić information content (AvgIpc) is 2.80. The van der Waals surface area contributed by atoms with Gasteiger partial charge in [0.1, 0.15) is 0 Å². The zero-order valence-electron chi connectivity index (χ0n) is 11.2. The monoisotopic (exact) mass is 298 g/mol. The van der Waals surface area contributed by atoms with Crippen LogP contribution in [0.25, 0.3) is 0 Å². The lowest BCUT2D eigenvalue weighted by molar-refractivity contribution is -0.123.